The number of Topliss-reactive ketones (excluding diaryl/α,β-unsaturated/α-hetero) is 1. The van der Waals surface area contributed by atoms with Gasteiger partial charge in [0.1, 0.15) is 5.92 Å². The lowest BCUT2D eigenvalue weighted by Gasteiger charge is -2.43. The van der Waals surface area contributed by atoms with E-state index in [4.69, 9.17) is 18.9 Å². The maximum Gasteiger partial charge on any atom is 0.335 e. The van der Waals surface area contributed by atoms with Crippen molar-refractivity contribution in [1.82, 2.24) is 4.90 Å². The molecule has 0 amide bonds. The third kappa shape index (κ3) is 2.16. The molecule has 0 radical (unpaired) electrons. The van der Waals surface area contributed by atoms with Gasteiger partial charge in [-0.05, 0) is 23.3 Å². The van der Waals surface area contributed by atoms with Gasteiger partial charge in [0.25, 0.3) is 0 Å². The number of nitrogens with zero attached hydrogens (tertiary/aromatic N) is 1. The van der Waals surface area contributed by atoms with Crippen LogP contribution in [0, 0.1) is 11.8 Å². The molecule has 0 aliphatic carbocycles. The Labute approximate surface area is 181 Å². The van der Waals surface area contributed by atoms with E-state index >= 15 is 0 Å². The van der Waals surface area contributed by atoms with Crippen molar-refractivity contribution in [3.63, 3.8) is 0 Å². The smallest absolute Gasteiger partial charge is 0.335 e. The van der Waals surface area contributed by atoms with Crippen molar-refractivity contribution in [2.45, 2.75) is 18.1 Å². The lowest BCUT2D eigenvalue weighted by Crippen LogP contribution is -2.63. The number of hydrogen-bond acceptors (Lipinski definition) is 9. The molecule has 4 aliphatic heterocycles. The zero-order valence-corrected chi connectivity index (χ0v) is 16.9. The number of fused-ring (bicyclic) bond motifs is 8. The summed E-state index contributed by atoms with van der Waals surface area (Å²) in [5, 5.41) is 0. The minimum absolute atomic E-state index is 0.101. The first kappa shape index (κ1) is 19.0. The monoisotopic (exact) mass is 435 g/mol. The van der Waals surface area contributed by atoms with E-state index < -0.39 is 47.1 Å². The predicted molar refractivity (Wildman–Crippen MR) is 104 cm³/mol. The summed E-state index contributed by atoms with van der Waals surface area (Å²) in [6, 6.07) is 11.4. The number of ketones is 1. The maximum absolute atomic E-state index is 13.9. The summed E-state index contributed by atoms with van der Waals surface area (Å²) in [6.07, 6.45) is 0. The first-order valence-electron chi connectivity index (χ1n) is 10.1. The maximum atomic E-state index is 13.9. The van der Waals surface area contributed by atoms with Crippen molar-refractivity contribution < 1.29 is 38.1 Å². The molecule has 0 N–H and O–H groups in total. The summed E-state index contributed by atoms with van der Waals surface area (Å²) in [4.78, 5) is 54.4. The lowest BCUT2D eigenvalue weighted by molar-refractivity contribution is -0.164. The number of carbonyl (C=O) groups is 4. The third-order valence-corrected chi connectivity index (χ3v) is 6.82. The first-order valence-corrected chi connectivity index (χ1v) is 10.1. The van der Waals surface area contributed by atoms with E-state index in [1.807, 2.05) is 0 Å². The van der Waals surface area contributed by atoms with Gasteiger partial charge in [-0.15, -0.1) is 0 Å². The van der Waals surface area contributed by atoms with Crippen LogP contribution in [0.5, 0.6) is 11.5 Å². The standard InChI is InChI=1S/C23H17NO8/c1-29-22(28)23-17-16(20(26)32-21(17)27)18(12-4-2-3-5-13(12)19(23)25)24(23)9-11-6-7-14-15(8-11)31-10-30-14/h2-8,16-18H,9-10H2,1H3. The first-order chi connectivity index (χ1) is 15.5. The Bertz CT molecular complexity index is 1220. The minimum atomic E-state index is -2.00. The highest BCUT2D eigenvalue weighted by atomic mass is 16.7. The van der Waals surface area contributed by atoms with Crippen LogP contribution in [0.25, 0.3) is 0 Å². The molecule has 2 aromatic carbocycles. The quantitative estimate of drug-likeness (QED) is 0.522. The highest BCUT2D eigenvalue weighted by Crippen LogP contribution is 2.60. The Morgan fingerprint density at radius 3 is 2.69 bits per heavy atom. The number of rotatable bonds is 3. The molecule has 4 atom stereocenters. The van der Waals surface area contributed by atoms with Crippen LogP contribution < -0.4 is 9.47 Å². The number of ether oxygens (including phenoxy) is 4. The molecule has 2 fully saturated rings. The summed E-state index contributed by atoms with van der Waals surface area (Å²) < 4.78 is 20.8. The number of benzene rings is 2. The Morgan fingerprint density at radius 1 is 1.09 bits per heavy atom. The van der Waals surface area contributed by atoms with E-state index in [0.717, 1.165) is 12.7 Å². The zero-order valence-electron chi connectivity index (χ0n) is 16.9. The van der Waals surface area contributed by atoms with Gasteiger partial charge in [-0.2, -0.15) is 0 Å². The van der Waals surface area contributed by atoms with Gasteiger partial charge in [0.05, 0.1) is 19.1 Å². The van der Waals surface area contributed by atoms with E-state index in [-0.39, 0.29) is 13.3 Å². The molecule has 9 heteroatoms. The number of carbonyl (C=O) groups excluding carboxylic acids is 4. The summed E-state index contributed by atoms with van der Waals surface area (Å²) >= 11 is 0. The molecule has 6 rings (SSSR count). The normalized spacial score (nSPS) is 29.5. The van der Waals surface area contributed by atoms with E-state index in [1.54, 1.807) is 47.4 Å². The topological polar surface area (TPSA) is 108 Å². The molecular weight excluding hydrogens is 418 g/mol. The van der Waals surface area contributed by atoms with E-state index in [0.29, 0.717) is 22.6 Å². The van der Waals surface area contributed by atoms with Crippen LogP contribution in [0.2, 0.25) is 0 Å². The van der Waals surface area contributed by atoms with Crippen molar-refractivity contribution in [2.75, 3.05) is 13.9 Å². The van der Waals surface area contributed by atoms with Gasteiger partial charge >= 0.3 is 17.9 Å². The van der Waals surface area contributed by atoms with Gasteiger partial charge < -0.3 is 18.9 Å². The second kappa shape index (κ2) is 6.39. The summed E-state index contributed by atoms with van der Waals surface area (Å²) in [5.74, 6) is -4.24. The van der Waals surface area contributed by atoms with Gasteiger partial charge in [0.2, 0.25) is 6.79 Å². The number of esters is 3. The Morgan fingerprint density at radius 2 is 1.88 bits per heavy atom. The van der Waals surface area contributed by atoms with Gasteiger partial charge in [-0.25, -0.2) is 4.79 Å². The van der Waals surface area contributed by atoms with E-state index in [2.05, 4.69) is 0 Å². The van der Waals surface area contributed by atoms with Crippen molar-refractivity contribution in [3.05, 3.63) is 59.2 Å². The highest BCUT2D eigenvalue weighted by Gasteiger charge is 2.77. The molecule has 2 saturated heterocycles. The predicted octanol–water partition coefficient (Wildman–Crippen LogP) is 1.40. The Balaban J connectivity index is 1.57. The fraction of sp³-hybridized carbons (Fsp3) is 0.304. The number of cyclic esters (lactones) is 2. The van der Waals surface area contributed by atoms with Gasteiger partial charge in [-0.3, -0.25) is 19.3 Å². The SMILES string of the molecule is COC(=O)C12C(=O)c3ccccc3C(C3C(=O)OC(=O)C31)N2Cc1ccc2c(c1)OCO2. The van der Waals surface area contributed by atoms with Crippen LogP contribution in [0.4, 0.5) is 0 Å². The fourth-order valence-electron chi connectivity index (χ4n) is 5.60. The lowest BCUT2D eigenvalue weighted by atomic mass is 9.76. The fourth-order valence-corrected chi connectivity index (χ4v) is 5.60. The third-order valence-electron chi connectivity index (χ3n) is 6.82. The van der Waals surface area contributed by atoms with Crippen LogP contribution in [0.3, 0.4) is 0 Å². The largest absolute Gasteiger partial charge is 0.467 e. The van der Waals surface area contributed by atoms with Gasteiger partial charge in [0.15, 0.2) is 22.8 Å². The molecule has 32 heavy (non-hydrogen) atoms. The number of methoxy groups -OCH3 is 1. The molecule has 162 valence electrons. The van der Waals surface area contributed by atoms with Crippen molar-refractivity contribution in [1.29, 1.82) is 0 Å². The van der Waals surface area contributed by atoms with Gasteiger partial charge in [0, 0.05) is 12.1 Å². The van der Waals surface area contributed by atoms with Crippen molar-refractivity contribution >= 4 is 23.7 Å². The molecular formula is C23H17NO8. The van der Waals surface area contributed by atoms with E-state index in [1.165, 1.54) is 0 Å². The van der Waals surface area contributed by atoms with Crippen molar-refractivity contribution in [2.24, 2.45) is 11.8 Å². The molecule has 0 saturated carbocycles. The van der Waals surface area contributed by atoms with E-state index in [9.17, 15) is 19.2 Å². The van der Waals surface area contributed by atoms with Crippen LogP contribution in [0.15, 0.2) is 42.5 Å². The molecule has 2 bridgehead atoms. The zero-order chi connectivity index (χ0) is 22.2. The molecule has 4 heterocycles. The summed E-state index contributed by atoms with van der Waals surface area (Å²) in [5.41, 5.74) is -0.393. The average Bonchev–Trinajstić information content (AvgIpc) is 3.44. The Hall–Kier alpha value is -3.72. The van der Waals surface area contributed by atoms with Gasteiger partial charge in [-0.1, -0.05) is 30.3 Å². The number of hydrogen-bond donors (Lipinski definition) is 0. The highest BCUT2D eigenvalue weighted by molar-refractivity contribution is 6.23. The molecule has 0 spiro atoms. The van der Waals surface area contributed by atoms with Crippen LogP contribution in [-0.2, 0) is 30.4 Å². The minimum Gasteiger partial charge on any atom is -0.467 e. The molecule has 0 aromatic heterocycles. The molecule has 2 aromatic rings. The van der Waals surface area contributed by atoms with Crippen LogP contribution >= 0.6 is 0 Å². The summed E-state index contributed by atoms with van der Waals surface area (Å²) in [7, 11) is 1.16. The van der Waals surface area contributed by atoms with Crippen molar-refractivity contribution in [3.8, 4) is 11.5 Å². The molecule has 9 nitrogen and oxygen atoms in total. The second-order valence-corrected chi connectivity index (χ2v) is 8.18. The summed E-state index contributed by atoms with van der Waals surface area (Å²) in [6.45, 7) is 0.206. The Kier molecular flexibility index (Phi) is 3.80. The molecule has 4 unspecified atom stereocenters. The second-order valence-electron chi connectivity index (χ2n) is 8.18. The average molecular weight is 435 g/mol. The molecule has 4 aliphatic rings. The van der Waals surface area contributed by atoms with Crippen LogP contribution in [-0.4, -0.2) is 48.0 Å². The van der Waals surface area contributed by atoms with Crippen LogP contribution in [0.1, 0.15) is 27.5 Å².